The van der Waals surface area contributed by atoms with Crippen LogP contribution in [-0.4, -0.2) is 60.5 Å². The van der Waals surface area contributed by atoms with Crippen LogP contribution in [-0.2, 0) is 4.74 Å². The van der Waals surface area contributed by atoms with E-state index in [-0.39, 0.29) is 0 Å². The van der Waals surface area contributed by atoms with E-state index in [1.54, 1.807) is 0 Å². The van der Waals surface area contributed by atoms with Gasteiger partial charge in [-0.1, -0.05) is 19.8 Å². The number of likely N-dealkylation sites (tertiary alicyclic amines) is 1. The van der Waals surface area contributed by atoms with Gasteiger partial charge in [0.05, 0.1) is 5.60 Å². The molecule has 3 aliphatic rings. The highest BCUT2D eigenvalue weighted by atomic mass is 16.5. The monoisotopic (exact) mass is 310 g/mol. The van der Waals surface area contributed by atoms with Crippen molar-refractivity contribution in [2.75, 3.05) is 32.8 Å². The molecular weight excluding hydrogens is 276 g/mol. The Morgan fingerprint density at radius 1 is 1.14 bits per heavy atom. The Bertz CT molecular complexity index is 336. The second-order valence-corrected chi connectivity index (χ2v) is 7.95. The summed E-state index contributed by atoms with van der Waals surface area (Å²) in [5.41, 5.74) is -0.534. The highest BCUT2D eigenvalue weighted by molar-refractivity contribution is 4.88. The lowest BCUT2D eigenvalue weighted by molar-refractivity contribution is -0.0637. The van der Waals surface area contributed by atoms with E-state index in [9.17, 15) is 5.11 Å². The summed E-state index contributed by atoms with van der Waals surface area (Å²) in [5.74, 6) is 0.914. The minimum Gasteiger partial charge on any atom is -0.388 e. The number of aliphatic hydroxyl groups is 1. The van der Waals surface area contributed by atoms with Gasteiger partial charge in [0.25, 0.3) is 0 Å². The van der Waals surface area contributed by atoms with E-state index in [0.717, 1.165) is 31.3 Å². The number of hydrogen-bond acceptors (Lipinski definition) is 4. The third kappa shape index (κ3) is 4.44. The predicted octanol–water partition coefficient (Wildman–Crippen LogP) is 2.16. The normalized spacial score (nSPS) is 34.6. The number of ether oxygens (including phenoxy) is 1. The molecule has 4 nitrogen and oxygen atoms in total. The predicted molar refractivity (Wildman–Crippen MR) is 89.0 cm³/mol. The Hall–Kier alpha value is -0.160. The lowest BCUT2D eigenvalue weighted by Gasteiger charge is -2.42. The van der Waals surface area contributed by atoms with Crippen molar-refractivity contribution in [3.05, 3.63) is 0 Å². The maximum atomic E-state index is 10.5. The lowest BCUT2D eigenvalue weighted by Crippen LogP contribution is -2.52. The summed E-state index contributed by atoms with van der Waals surface area (Å²) in [6.07, 6.45) is 9.67. The fourth-order valence-corrected chi connectivity index (χ4v) is 4.46. The third-order valence-corrected chi connectivity index (χ3v) is 6.10. The van der Waals surface area contributed by atoms with Crippen molar-refractivity contribution in [1.82, 2.24) is 10.2 Å². The molecule has 22 heavy (non-hydrogen) atoms. The van der Waals surface area contributed by atoms with Gasteiger partial charge in [-0.25, -0.2) is 0 Å². The average Bonchev–Trinajstić information content (AvgIpc) is 2.54. The van der Waals surface area contributed by atoms with E-state index < -0.39 is 5.60 Å². The van der Waals surface area contributed by atoms with Gasteiger partial charge in [0.15, 0.2) is 0 Å². The highest BCUT2D eigenvalue weighted by Crippen LogP contribution is 2.29. The highest BCUT2D eigenvalue weighted by Gasteiger charge is 2.32. The van der Waals surface area contributed by atoms with Gasteiger partial charge < -0.3 is 20.1 Å². The molecule has 2 unspecified atom stereocenters. The molecule has 2 heterocycles. The first-order valence-corrected chi connectivity index (χ1v) is 9.42. The maximum Gasteiger partial charge on any atom is 0.0815 e. The van der Waals surface area contributed by atoms with Gasteiger partial charge in [-0.05, 0) is 44.7 Å². The molecule has 2 aliphatic heterocycles. The van der Waals surface area contributed by atoms with Gasteiger partial charge in [0.2, 0.25) is 0 Å². The van der Waals surface area contributed by atoms with Crippen molar-refractivity contribution in [2.24, 2.45) is 5.92 Å². The van der Waals surface area contributed by atoms with Gasteiger partial charge >= 0.3 is 0 Å². The van der Waals surface area contributed by atoms with Crippen LogP contribution in [0.3, 0.4) is 0 Å². The molecule has 2 saturated heterocycles. The first kappa shape index (κ1) is 16.7. The van der Waals surface area contributed by atoms with Crippen molar-refractivity contribution >= 4 is 0 Å². The zero-order chi connectivity index (χ0) is 15.4. The Labute approximate surface area is 135 Å². The SMILES string of the molecule is CC1CCCC(N2CCC(NCC3(O)CCOCC3)CC2)C1. The summed E-state index contributed by atoms with van der Waals surface area (Å²) in [6, 6.07) is 1.42. The second-order valence-electron chi connectivity index (χ2n) is 7.95. The standard InChI is InChI=1S/C18H34N2O2/c1-15-3-2-4-17(13-15)20-9-5-16(6-10-20)19-14-18(21)7-11-22-12-8-18/h15-17,19,21H,2-14H2,1H3. The molecule has 0 aromatic carbocycles. The molecule has 0 spiro atoms. The van der Waals surface area contributed by atoms with E-state index in [1.807, 2.05) is 0 Å². The molecule has 1 saturated carbocycles. The van der Waals surface area contributed by atoms with Crippen LogP contribution in [0.2, 0.25) is 0 Å². The number of hydrogen-bond donors (Lipinski definition) is 2. The van der Waals surface area contributed by atoms with Crippen molar-refractivity contribution < 1.29 is 9.84 Å². The number of nitrogens with zero attached hydrogens (tertiary/aromatic N) is 1. The van der Waals surface area contributed by atoms with Crippen molar-refractivity contribution in [3.8, 4) is 0 Å². The van der Waals surface area contributed by atoms with E-state index in [4.69, 9.17) is 4.74 Å². The summed E-state index contributed by atoms with van der Waals surface area (Å²) in [7, 11) is 0. The van der Waals surface area contributed by atoms with E-state index in [2.05, 4.69) is 17.1 Å². The Morgan fingerprint density at radius 3 is 2.55 bits per heavy atom. The van der Waals surface area contributed by atoms with Crippen molar-refractivity contribution in [3.63, 3.8) is 0 Å². The largest absolute Gasteiger partial charge is 0.388 e. The minimum atomic E-state index is -0.534. The number of rotatable bonds is 4. The molecule has 0 amide bonds. The average molecular weight is 310 g/mol. The quantitative estimate of drug-likeness (QED) is 0.835. The minimum absolute atomic E-state index is 0.534. The molecule has 1 aliphatic carbocycles. The fourth-order valence-electron chi connectivity index (χ4n) is 4.46. The van der Waals surface area contributed by atoms with Crippen LogP contribution in [0.15, 0.2) is 0 Å². The summed E-state index contributed by atoms with van der Waals surface area (Å²) in [5, 5.41) is 14.2. The maximum absolute atomic E-state index is 10.5. The molecular formula is C18H34N2O2. The smallest absolute Gasteiger partial charge is 0.0815 e. The fraction of sp³-hybridized carbons (Fsp3) is 1.00. The molecule has 3 rings (SSSR count). The number of nitrogens with one attached hydrogen (secondary N) is 1. The molecule has 128 valence electrons. The summed E-state index contributed by atoms with van der Waals surface area (Å²) < 4.78 is 5.35. The topological polar surface area (TPSA) is 44.7 Å². The van der Waals surface area contributed by atoms with E-state index >= 15 is 0 Å². The van der Waals surface area contributed by atoms with E-state index in [0.29, 0.717) is 19.3 Å². The molecule has 0 bridgehead atoms. The molecule has 4 heteroatoms. The first-order valence-electron chi connectivity index (χ1n) is 9.42. The van der Waals surface area contributed by atoms with Gasteiger partial charge in [-0.15, -0.1) is 0 Å². The van der Waals surface area contributed by atoms with Crippen LogP contribution in [0.1, 0.15) is 58.3 Å². The molecule has 2 atom stereocenters. The van der Waals surface area contributed by atoms with Crippen LogP contribution in [0.5, 0.6) is 0 Å². The van der Waals surface area contributed by atoms with Gasteiger partial charge in [0, 0.05) is 44.7 Å². The van der Waals surface area contributed by atoms with Crippen molar-refractivity contribution in [1.29, 1.82) is 0 Å². The van der Waals surface area contributed by atoms with Gasteiger partial charge in [-0.3, -0.25) is 0 Å². The van der Waals surface area contributed by atoms with Crippen LogP contribution >= 0.6 is 0 Å². The van der Waals surface area contributed by atoms with Crippen LogP contribution in [0.4, 0.5) is 0 Å². The van der Waals surface area contributed by atoms with Crippen LogP contribution < -0.4 is 5.32 Å². The first-order chi connectivity index (χ1) is 10.6. The van der Waals surface area contributed by atoms with Crippen LogP contribution in [0.25, 0.3) is 0 Å². The Balaban J connectivity index is 1.38. The zero-order valence-electron chi connectivity index (χ0n) is 14.2. The van der Waals surface area contributed by atoms with Crippen LogP contribution in [0, 0.1) is 5.92 Å². The Kier molecular flexibility index (Phi) is 5.77. The van der Waals surface area contributed by atoms with Gasteiger partial charge in [-0.2, -0.15) is 0 Å². The van der Waals surface area contributed by atoms with Gasteiger partial charge in [0.1, 0.15) is 0 Å². The van der Waals surface area contributed by atoms with Crippen molar-refractivity contribution in [2.45, 2.75) is 76.0 Å². The molecule has 0 radical (unpaired) electrons. The second kappa shape index (κ2) is 7.61. The Morgan fingerprint density at radius 2 is 1.86 bits per heavy atom. The molecule has 2 N–H and O–H groups in total. The molecule has 0 aromatic rings. The summed E-state index contributed by atoms with van der Waals surface area (Å²) in [6.45, 7) is 7.02. The zero-order valence-corrected chi connectivity index (χ0v) is 14.2. The summed E-state index contributed by atoms with van der Waals surface area (Å²) in [4.78, 5) is 2.73. The molecule has 3 fully saturated rings. The lowest BCUT2D eigenvalue weighted by atomic mass is 9.85. The molecule has 0 aromatic heterocycles. The third-order valence-electron chi connectivity index (χ3n) is 6.10. The van der Waals surface area contributed by atoms with E-state index in [1.165, 1.54) is 51.6 Å². The number of piperidine rings is 1. The summed E-state index contributed by atoms with van der Waals surface area (Å²) >= 11 is 0.